The maximum atomic E-state index is 14.7. The summed E-state index contributed by atoms with van der Waals surface area (Å²) in [5.74, 6) is 1.86. The molecule has 404 valence electrons. The van der Waals surface area contributed by atoms with Crippen LogP contribution in [0.1, 0.15) is 145 Å². The fraction of sp³-hybridized carbons (Fsp3) is 0.737. The number of hydrogen-bond acceptors (Lipinski definition) is 14. The number of ether oxygens (including phenoxy) is 6. The number of carbonyl (C=O) groups excluding carboxylic acids is 4. The second kappa shape index (κ2) is 29.8. The van der Waals surface area contributed by atoms with E-state index in [1.54, 1.807) is 34.1 Å². The van der Waals surface area contributed by atoms with Gasteiger partial charge >= 0.3 is 5.97 Å². The van der Waals surface area contributed by atoms with Crippen LogP contribution in [0.2, 0.25) is 0 Å². The molecule has 4 rings (SSSR count). The molecule has 1 aliphatic carbocycles. The third-order valence-corrected chi connectivity index (χ3v) is 15.7. The van der Waals surface area contributed by atoms with Gasteiger partial charge in [0.25, 0.3) is 11.7 Å². The first-order valence-electron chi connectivity index (χ1n) is 26.6. The van der Waals surface area contributed by atoms with Gasteiger partial charge in [0.2, 0.25) is 5.79 Å². The van der Waals surface area contributed by atoms with Crippen LogP contribution in [-0.4, -0.2) is 133 Å². The van der Waals surface area contributed by atoms with Gasteiger partial charge in [-0.25, -0.2) is 4.79 Å². The maximum absolute atomic E-state index is 14.7. The number of terminal acetylenes is 1. The van der Waals surface area contributed by atoms with E-state index in [9.17, 15) is 29.4 Å². The van der Waals surface area contributed by atoms with Crippen molar-refractivity contribution in [2.24, 2.45) is 46.5 Å². The molecule has 2 bridgehead atoms. The molecule has 0 radical (unpaired) electrons. The molecule has 15 atom stereocenters. The third kappa shape index (κ3) is 16.8. The number of methoxy groups -OCH3 is 3. The molecular formula is C57H89N3O12. The van der Waals surface area contributed by atoms with Crippen molar-refractivity contribution in [3.8, 4) is 12.3 Å². The van der Waals surface area contributed by atoms with E-state index in [2.05, 4.69) is 11.0 Å². The molecule has 3 heterocycles. The van der Waals surface area contributed by atoms with Crippen molar-refractivity contribution in [1.29, 1.82) is 0 Å². The Bertz CT molecular complexity index is 1970. The van der Waals surface area contributed by atoms with Crippen molar-refractivity contribution >= 4 is 29.2 Å². The van der Waals surface area contributed by atoms with E-state index in [1.807, 2.05) is 65.0 Å². The smallest absolute Gasteiger partial charge is 0.329 e. The topological polar surface area (TPSA) is 206 Å². The average Bonchev–Trinajstić information content (AvgIpc) is 3.36. The Labute approximate surface area is 430 Å². The minimum Gasteiger partial charge on any atom is -0.460 e. The van der Waals surface area contributed by atoms with Crippen LogP contribution in [0, 0.1) is 47.9 Å². The van der Waals surface area contributed by atoms with Crippen LogP contribution in [-0.2, 0) is 47.6 Å². The molecule has 72 heavy (non-hydrogen) atoms. The van der Waals surface area contributed by atoms with Gasteiger partial charge < -0.3 is 49.4 Å². The van der Waals surface area contributed by atoms with E-state index >= 15 is 0 Å². The van der Waals surface area contributed by atoms with Gasteiger partial charge in [0.05, 0.1) is 24.4 Å². The molecule has 3 aliphatic heterocycles. The van der Waals surface area contributed by atoms with Crippen LogP contribution in [0.3, 0.4) is 0 Å². The molecule has 0 spiro atoms. The number of fused-ring (bicyclic) bond motifs is 3. The average molecular weight is 1010 g/mol. The Morgan fingerprint density at radius 1 is 0.917 bits per heavy atom. The van der Waals surface area contributed by atoms with Crippen molar-refractivity contribution < 1.29 is 57.8 Å². The lowest BCUT2D eigenvalue weighted by molar-refractivity contribution is -0.265. The molecule has 3 fully saturated rings. The lowest BCUT2D eigenvalue weighted by atomic mass is 9.78. The molecular weight excluding hydrogens is 919 g/mol. The van der Waals surface area contributed by atoms with Crippen molar-refractivity contribution in [2.75, 3.05) is 34.5 Å². The minimum atomic E-state index is -2.42. The Hall–Kier alpha value is -4.01. The summed E-state index contributed by atoms with van der Waals surface area (Å²) in [5.41, 5.74) is 1.87. The summed E-state index contributed by atoms with van der Waals surface area (Å²) in [5, 5.41) is 27.9. The second-order valence-corrected chi connectivity index (χ2v) is 21.2. The monoisotopic (exact) mass is 1010 g/mol. The molecule has 0 aromatic carbocycles. The molecule has 0 unspecified atom stereocenters. The summed E-state index contributed by atoms with van der Waals surface area (Å²) in [6.45, 7) is 13.9. The minimum absolute atomic E-state index is 0.0330. The standard InChI is InChI=1S/C57H89N3O12/c1-12-13-14-20-29-70-47-27-25-43(33-50(47)68-10)32-39(5)49-35-45(59-58)38(4)31-41(7)52(62)53(69-11)51(61)40(6)30-36(2)21-16-15-17-22-37(3)48(67-9)34-44-26-24-42(8)57(66,72-44)54(63)55(64)60-28-19-18-23-46(60)56(65)71-49/h1,15-17,21-22,31,36,38-40,42-44,46-50,52-53,62,66H,13-14,18-20,23-30,32-35,58H2,2-11H3/b17-15+,21-16+,37-22+,41-31+,59-45-/t36-,38-,39-,40-,42-,43+,44+,46+,47-,48+,49+,50-,52-,53+,57-/m1/s1. The van der Waals surface area contributed by atoms with Crippen LogP contribution >= 0.6 is 0 Å². The van der Waals surface area contributed by atoms with Crippen molar-refractivity contribution in [3.05, 3.63) is 47.6 Å². The number of amides is 1. The number of allylic oxidation sites excluding steroid dienone is 6. The molecule has 15 nitrogen and oxygen atoms in total. The van der Waals surface area contributed by atoms with E-state index < -0.39 is 77.8 Å². The van der Waals surface area contributed by atoms with Gasteiger partial charge in [-0.1, -0.05) is 71.1 Å². The number of nitrogens with zero attached hydrogens (tertiary/aromatic N) is 2. The number of esters is 1. The maximum Gasteiger partial charge on any atom is 0.329 e. The number of aliphatic hydroxyl groups is 2. The lowest BCUT2D eigenvalue weighted by Gasteiger charge is -2.42. The highest BCUT2D eigenvalue weighted by Crippen LogP contribution is 2.38. The fourth-order valence-electron chi connectivity index (χ4n) is 11.0. The number of Topliss-reactive ketones (excluding diaryl/α,β-unsaturated/α-hetero) is 2. The molecule has 4 N–H and O–H groups in total. The SMILES string of the molecule is C#CCCCCO[C@@H]1CC[C@@H](C[C@@H](C)[C@@H]2C/C(=N/N)[C@H](C)/C=C(\C)[C@@H](O)[C@@H](OC)C(=O)[C@H](C)C[C@H](C)/C=C/C=C/C=C(\C)[C@@H](OC)C[C@@H]3CC[C@@H](C)[C@@](O)(O3)C(=O)C(=O)N3CCCC[C@H]3C(=O)O2)C[C@H]1OC. The second-order valence-electron chi connectivity index (χ2n) is 21.2. The number of cyclic esters (lactones) is 1. The van der Waals surface area contributed by atoms with Crippen LogP contribution in [0.25, 0.3) is 0 Å². The summed E-state index contributed by atoms with van der Waals surface area (Å²) in [4.78, 5) is 58.5. The Morgan fingerprint density at radius 2 is 1.67 bits per heavy atom. The van der Waals surface area contributed by atoms with Gasteiger partial charge in [0.1, 0.15) is 24.4 Å². The summed E-state index contributed by atoms with van der Waals surface area (Å²) >= 11 is 0. The normalized spacial score (nSPS) is 38.1. The number of aliphatic hydroxyl groups excluding tert-OH is 1. The summed E-state index contributed by atoms with van der Waals surface area (Å²) in [6, 6.07) is -1.10. The van der Waals surface area contributed by atoms with Crippen molar-refractivity contribution in [3.63, 3.8) is 0 Å². The highest BCUT2D eigenvalue weighted by atomic mass is 16.6. The number of rotatable bonds is 11. The largest absolute Gasteiger partial charge is 0.460 e. The zero-order chi connectivity index (χ0) is 53.1. The summed E-state index contributed by atoms with van der Waals surface area (Å²) < 4.78 is 36.5. The number of hydrogen-bond donors (Lipinski definition) is 3. The van der Waals surface area contributed by atoms with Crippen LogP contribution in [0.15, 0.2) is 52.7 Å². The van der Waals surface area contributed by atoms with E-state index in [-0.39, 0.29) is 55.1 Å². The van der Waals surface area contributed by atoms with Gasteiger partial charge in [0.15, 0.2) is 5.78 Å². The van der Waals surface area contributed by atoms with Crippen LogP contribution in [0.5, 0.6) is 0 Å². The zero-order valence-electron chi connectivity index (χ0n) is 45.1. The number of ketones is 2. The predicted octanol–water partition coefficient (Wildman–Crippen LogP) is 7.75. The summed E-state index contributed by atoms with van der Waals surface area (Å²) in [7, 11) is 4.71. The molecule has 2 saturated heterocycles. The van der Waals surface area contributed by atoms with Crippen LogP contribution < -0.4 is 5.84 Å². The number of piperidine rings is 1. The molecule has 0 aromatic heterocycles. The molecule has 0 aromatic rings. The van der Waals surface area contributed by atoms with Crippen molar-refractivity contribution in [1.82, 2.24) is 4.90 Å². The Kier molecular flexibility index (Phi) is 25.0. The van der Waals surface area contributed by atoms with E-state index in [0.29, 0.717) is 69.3 Å². The quantitative estimate of drug-likeness (QED) is 0.0345. The number of hydrazone groups is 1. The van der Waals surface area contributed by atoms with E-state index in [4.69, 9.17) is 40.7 Å². The number of unbranched alkanes of at least 4 members (excludes halogenated alkanes) is 2. The van der Waals surface area contributed by atoms with Crippen molar-refractivity contribution in [2.45, 2.75) is 199 Å². The van der Waals surface area contributed by atoms with Gasteiger partial charge in [-0.05, 0) is 120 Å². The number of nitrogens with two attached hydrogens (primary N) is 1. The number of carbonyl (C=O) groups is 4. The van der Waals surface area contributed by atoms with E-state index in [0.717, 1.165) is 37.7 Å². The van der Waals surface area contributed by atoms with Gasteiger partial charge in [0, 0.05) is 77.2 Å². The molecule has 1 saturated carbocycles. The Balaban J connectivity index is 1.70. The predicted molar refractivity (Wildman–Crippen MR) is 278 cm³/mol. The lowest BCUT2D eigenvalue weighted by Crippen LogP contribution is -2.61. The highest BCUT2D eigenvalue weighted by Gasteiger charge is 2.53. The first kappa shape index (κ1) is 60.5. The molecule has 1 amide bonds. The first-order valence-corrected chi connectivity index (χ1v) is 26.6. The van der Waals surface area contributed by atoms with Gasteiger partial charge in [-0.2, -0.15) is 5.10 Å². The van der Waals surface area contributed by atoms with E-state index in [1.165, 1.54) is 12.0 Å². The zero-order valence-corrected chi connectivity index (χ0v) is 45.1. The fourth-order valence-corrected chi connectivity index (χ4v) is 11.0. The van der Waals surface area contributed by atoms with Gasteiger partial charge in [-0.15, -0.1) is 12.3 Å². The molecule has 15 heteroatoms. The van der Waals surface area contributed by atoms with Crippen LogP contribution in [0.4, 0.5) is 0 Å². The molecule has 4 aliphatic rings. The third-order valence-electron chi connectivity index (χ3n) is 15.7. The Morgan fingerprint density at radius 3 is 2.35 bits per heavy atom. The first-order chi connectivity index (χ1) is 34.3. The summed E-state index contributed by atoms with van der Waals surface area (Å²) in [6.07, 6.45) is 21.5. The van der Waals surface area contributed by atoms with Gasteiger partial charge in [-0.3, -0.25) is 14.4 Å². The highest BCUT2D eigenvalue weighted by molar-refractivity contribution is 6.39.